The van der Waals surface area contributed by atoms with Crippen molar-refractivity contribution < 1.29 is 9.59 Å². The normalized spacial score (nSPS) is 21.0. The van der Waals surface area contributed by atoms with Crippen molar-refractivity contribution in [2.45, 2.75) is 51.6 Å². The summed E-state index contributed by atoms with van der Waals surface area (Å²) in [6.07, 6.45) is 3.66. The summed E-state index contributed by atoms with van der Waals surface area (Å²) in [6, 6.07) is -0.192. The molecule has 1 aromatic rings. The molecule has 0 radical (unpaired) electrons. The Morgan fingerprint density at radius 1 is 1.38 bits per heavy atom. The maximum atomic E-state index is 13.0. The first-order valence-corrected chi connectivity index (χ1v) is 8.63. The minimum absolute atomic E-state index is 0.0737. The molecule has 24 heavy (non-hydrogen) atoms. The molecule has 2 N–H and O–H groups in total. The maximum Gasteiger partial charge on any atom is 0.258 e. The van der Waals surface area contributed by atoms with E-state index in [2.05, 4.69) is 20.6 Å². The van der Waals surface area contributed by atoms with Gasteiger partial charge in [0.25, 0.3) is 5.91 Å². The van der Waals surface area contributed by atoms with Crippen molar-refractivity contribution in [3.05, 3.63) is 23.3 Å². The van der Waals surface area contributed by atoms with E-state index in [1.165, 1.54) is 0 Å². The molecule has 1 aromatic heterocycles. The zero-order valence-electron chi connectivity index (χ0n) is 14.5. The molecule has 3 rings (SSSR count). The second-order valence-corrected chi connectivity index (χ2v) is 6.88. The van der Waals surface area contributed by atoms with Gasteiger partial charge in [0.15, 0.2) is 0 Å². The number of nitrogens with one attached hydrogen (secondary N) is 2. The molecule has 1 saturated heterocycles. The molecule has 2 aliphatic rings. The highest BCUT2D eigenvalue weighted by Crippen LogP contribution is 2.20. The highest BCUT2D eigenvalue weighted by molar-refractivity contribution is 5.98. The maximum absolute atomic E-state index is 13.0. The van der Waals surface area contributed by atoms with Crippen molar-refractivity contribution >= 4 is 11.8 Å². The summed E-state index contributed by atoms with van der Waals surface area (Å²) in [7, 11) is 0. The molecule has 0 unspecified atom stereocenters. The lowest BCUT2D eigenvalue weighted by molar-refractivity contribution is -0.126. The monoisotopic (exact) mass is 331 g/mol. The molecule has 7 nitrogen and oxygen atoms in total. The highest BCUT2D eigenvalue weighted by Gasteiger charge is 2.35. The van der Waals surface area contributed by atoms with Crippen molar-refractivity contribution in [1.82, 2.24) is 25.5 Å². The average molecular weight is 331 g/mol. The van der Waals surface area contributed by atoms with Crippen molar-refractivity contribution in [1.29, 1.82) is 0 Å². The fraction of sp³-hybridized carbons (Fsp3) is 0.647. The molecule has 1 aliphatic carbocycles. The van der Waals surface area contributed by atoms with Gasteiger partial charge in [-0.3, -0.25) is 9.59 Å². The summed E-state index contributed by atoms with van der Waals surface area (Å²) in [4.78, 5) is 35.8. The molecule has 130 valence electrons. The lowest BCUT2D eigenvalue weighted by Gasteiger charge is -2.35. The Balaban J connectivity index is 1.79. The van der Waals surface area contributed by atoms with E-state index in [4.69, 9.17) is 0 Å². The smallest absolute Gasteiger partial charge is 0.258 e. The van der Waals surface area contributed by atoms with Gasteiger partial charge < -0.3 is 15.5 Å². The molecule has 7 heteroatoms. The minimum atomic E-state index is -0.476. The molecular formula is C17H25N5O2. The third kappa shape index (κ3) is 3.56. The van der Waals surface area contributed by atoms with Gasteiger partial charge in [-0.15, -0.1) is 0 Å². The van der Waals surface area contributed by atoms with Gasteiger partial charge in [0.05, 0.1) is 11.3 Å². The number of nitrogens with zero attached hydrogens (tertiary/aromatic N) is 3. The van der Waals surface area contributed by atoms with Crippen LogP contribution in [0.4, 0.5) is 0 Å². The van der Waals surface area contributed by atoms with Gasteiger partial charge in [0, 0.05) is 37.8 Å². The SMILES string of the molecule is Cc1nc(C(C)C)ncc1C(=O)N1CCNC[C@@H]1C(=O)NC1CC1. The number of carbonyl (C=O) groups excluding carboxylic acids is 2. The predicted octanol–water partition coefficient (Wildman–Crippen LogP) is 0.601. The first-order chi connectivity index (χ1) is 11.5. The number of piperazine rings is 1. The van der Waals surface area contributed by atoms with Crippen LogP contribution >= 0.6 is 0 Å². The second kappa shape index (κ2) is 6.84. The van der Waals surface area contributed by atoms with E-state index in [9.17, 15) is 9.59 Å². The van der Waals surface area contributed by atoms with Gasteiger partial charge in [0.2, 0.25) is 5.91 Å². The number of rotatable bonds is 4. The van der Waals surface area contributed by atoms with Crippen LogP contribution in [0.2, 0.25) is 0 Å². The Bertz CT molecular complexity index is 642. The summed E-state index contributed by atoms with van der Waals surface area (Å²) < 4.78 is 0. The molecule has 2 heterocycles. The minimum Gasteiger partial charge on any atom is -0.352 e. The van der Waals surface area contributed by atoms with Crippen molar-refractivity contribution in [2.24, 2.45) is 0 Å². The van der Waals surface area contributed by atoms with E-state index in [0.717, 1.165) is 18.7 Å². The van der Waals surface area contributed by atoms with E-state index < -0.39 is 6.04 Å². The molecule has 2 fully saturated rings. The quantitative estimate of drug-likeness (QED) is 0.844. The Morgan fingerprint density at radius 2 is 2.12 bits per heavy atom. The van der Waals surface area contributed by atoms with E-state index in [1.54, 1.807) is 11.1 Å². The Hall–Kier alpha value is -2.02. The number of carbonyl (C=O) groups is 2. The van der Waals surface area contributed by atoms with E-state index in [1.807, 2.05) is 20.8 Å². The van der Waals surface area contributed by atoms with Gasteiger partial charge in [-0.2, -0.15) is 0 Å². The van der Waals surface area contributed by atoms with Gasteiger partial charge in [-0.05, 0) is 19.8 Å². The molecular weight excluding hydrogens is 306 g/mol. The van der Waals surface area contributed by atoms with Crippen LogP contribution in [-0.2, 0) is 4.79 Å². The first-order valence-electron chi connectivity index (χ1n) is 8.63. The first kappa shape index (κ1) is 16.8. The number of hydrogen-bond donors (Lipinski definition) is 2. The van der Waals surface area contributed by atoms with Crippen LogP contribution in [0, 0.1) is 6.92 Å². The van der Waals surface area contributed by atoms with Crippen molar-refractivity contribution in [2.75, 3.05) is 19.6 Å². The zero-order chi connectivity index (χ0) is 17.3. The molecule has 0 spiro atoms. The Kier molecular flexibility index (Phi) is 4.80. The lowest BCUT2D eigenvalue weighted by atomic mass is 10.1. The van der Waals surface area contributed by atoms with E-state index >= 15 is 0 Å². The van der Waals surface area contributed by atoms with E-state index in [0.29, 0.717) is 30.9 Å². The van der Waals surface area contributed by atoms with Crippen LogP contribution in [-0.4, -0.2) is 58.4 Å². The number of amides is 2. The standard InChI is InChI=1S/C17H25N5O2/c1-10(2)15-19-8-13(11(3)20-15)17(24)22-7-6-18-9-14(22)16(23)21-12-4-5-12/h8,10,12,14,18H,4-7,9H2,1-3H3,(H,21,23)/t14-/m1/s1. The Labute approximate surface area is 142 Å². The van der Waals surface area contributed by atoms with Crippen molar-refractivity contribution in [3.63, 3.8) is 0 Å². The van der Waals surface area contributed by atoms with Gasteiger partial charge in [-0.25, -0.2) is 9.97 Å². The molecule has 0 bridgehead atoms. The molecule has 0 aromatic carbocycles. The summed E-state index contributed by atoms with van der Waals surface area (Å²) in [5, 5.41) is 6.19. The second-order valence-electron chi connectivity index (χ2n) is 6.88. The van der Waals surface area contributed by atoms with Crippen LogP contribution in [0.5, 0.6) is 0 Å². The fourth-order valence-electron chi connectivity index (χ4n) is 2.83. The topological polar surface area (TPSA) is 87.2 Å². The lowest BCUT2D eigenvalue weighted by Crippen LogP contribution is -2.59. The zero-order valence-corrected chi connectivity index (χ0v) is 14.5. The summed E-state index contributed by atoms with van der Waals surface area (Å²) >= 11 is 0. The average Bonchev–Trinajstić information content (AvgIpc) is 3.38. The number of aromatic nitrogens is 2. The summed E-state index contributed by atoms with van der Waals surface area (Å²) in [5.74, 6) is 0.701. The molecule has 2 amide bonds. The van der Waals surface area contributed by atoms with Crippen LogP contribution in [0.25, 0.3) is 0 Å². The van der Waals surface area contributed by atoms with Crippen LogP contribution < -0.4 is 10.6 Å². The number of aryl methyl sites for hydroxylation is 1. The van der Waals surface area contributed by atoms with Crippen LogP contribution in [0.15, 0.2) is 6.20 Å². The summed E-state index contributed by atoms with van der Waals surface area (Å²) in [5.41, 5.74) is 1.14. The van der Waals surface area contributed by atoms with Crippen LogP contribution in [0.1, 0.15) is 54.5 Å². The van der Waals surface area contributed by atoms with Crippen molar-refractivity contribution in [3.8, 4) is 0 Å². The van der Waals surface area contributed by atoms with Gasteiger partial charge in [-0.1, -0.05) is 13.8 Å². The predicted molar refractivity (Wildman–Crippen MR) is 89.7 cm³/mol. The Morgan fingerprint density at radius 3 is 2.75 bits per heavy atom. The molecule has 1 saturated carbocycles. The highest BCUT2D eigenvalue weighted by atomic mass is 16.2. The fourth-order valence-corrected chi connectivity index (χ4v) is 2.83. The third-order valence-electron chi connectivity index (χ3n) is 4.48. The number of hydrogen-bond acceptors (Lipinski definition) is 5. The van der Waals surface area contributed by atoms with E-state index in [-0.39, 0.29) is 23.8 Å². The van der Waals surface area contributed by atoms with Crippen LogP contribution in [0.3, 0.4) is 0 Å². The molecule has 1 atom stereocenters. The third-order valence-corrected chi connectivity index (χ3v) is 4.48. The van der Waals surface area contributed by atoms with Gasteiger partial charge in [0.1, 0.15) is 11.9 Å². The molecule has 1 aliphatic heterocycles. The summed E-state index contributed by atoms with van der Waals surface area (Å²) in [6.45, 7) is 7.53. The van der Waals surface area contributed by atoms with Gasteiger partial charge >= 0.3 is 0 Å². The largest absolute Gasteiger partial charge is 0.352 e.